The van der Waals surface area contributed by atoms with Crippen molar-refractivity contribution in [2.75, 3.05) is 26.5 Å². The Morgan fingerprint density at radius 3 is 2.41 bits per heavy atom. The molecule has 1 aliphatic heterocycles. The average Bonchev–Trinajstić information content (AvgIpc) is 3.30. The zero-order valence-corrected chi connectivity index (χ0v) is 19.8. The maximum absolute atomic E-state index is 11.7. The van der Waals surface area contributed by atoms with Crippen molar-refractivity contribution >= 4 is 20.9 Å². The van der Waals surface area contributed by atoms with E-state index in [-0.39, 0.29) is 6.10 Å². The van der Waals surface area contributed by atoms with E-state index in [1.165, 1.54) is 11.8 Å². The summed E-state index contributed by atoms with van der Waals surface area (Å²) in [5.74, 6) is 2.31. The van der Waals surface area contributed by atoms with Gasteiger partial charge < -0.3 is 9.30 Å². The van der Waals surface area contributed by atoms with E-state index in [0.29, 0.717) is 22.8 Å². The fourth-order valence-corrected chi connectivity index (χ4v) is 6.46. The molecule has 0 unspecified atom stereocenters. The van der Waals surface area contributed by atoms with Gasteiger partial charge in [0.1, 0.15) is 5.82 Å². The molecule has 4 atom stereocenters. The molecular weight excluding hydrogens is 422 g/mol. The van der Waals surface area contributed by atoms with E-state index in [1.54, 1.807) is 12.1 Å². The number of aryl methyl sites for hydroxylation is 1. The highest BCUT2D eigenvalue weighted by atomic mass is 32.2. The molecule has 1 aliphatic carbocycles. The fourth-order valence-electron chi connectivity index (χ4n) is 5.83. The lowest BCUT2D eigenvalue weighted by molar-refractivity contribution is -0.0000727. The molecule has 0 N–H and O–H groups in total. The van der Waals surface area contributed by atoms with Gasteiger partial charge in [0, 0.05) is 33.0 Å². The van der Waals surface area contributed by atoms with Crippen LogP contribution in [0.25, 0.3) is 11.0 Å². The highest BCUT2D eigenvalue weighted by Crippen LogP contribution is 2.44. The van der Waals surface area contributed by atoms with Crippen LogP contribution in [-0.4, -0.2) is 55.4 Å². The number of benzene rings is 2. The molecule has 32 heavy (non-hydrogen) atoms. The lowest BCUT2D eigenvalue weighted by Gasteiger charge is -2.38. The van der Waals surface area contributed by atoms with Crippen LogP contribution >= 0.6 is 0 Å². The number of nitrogens with zero attached hydrogens (tertiary/aromatic N) is 3. The molecule has 2 fully saturated rings. The Bertz CT molecular complexity index is 1220. The molecule has 0 radical (unpaired) electrons. The number of fused-ring (bicyclic) bond motifs is 2. The highest BCUT2D eigenvalue weighted by Gasteiger charge is 2.43. The maximum Gasteiger partial charge on any atom is 0.175 e. The molecule has 1 saturated carbocycles. The first-order valence-electron chi connectivity index (χ1n) is 11.3. The molecule has 2 heterocycles. The van der Waals surface area contributed by atoms with Gasteiger partial charge in [-0.05, 0) is 61.4 Å². The summed E-state index contributed by atoms with van der Waals surface area (Å²) in [5.41, 5.74) is 3.40. The molecule has 6 nitrogen and oxygen atoms in total. The van der Waals surface area contributed by atoms with Gasteiger partial charge in [-0.3, -0.25) is 4.90 Å². The van der Waals surface area contributed by atoms with Crippen molar-refractivity contribution in [1.29, 1.82) is 0 Å². The van der Waals surface area contributed by atoms with Gasteiger partial charge in [-0.1, -0.05) is 24.3 Å². The van der Waals surface area contributed by atoms with E-state index >= 15 is 0 Å². The molecule has 1 aromatic heterocycles. The quantitative estimate of drug-likeness (QED) is 0.587. The van der Waals surface area contributed by atoms with Crippen LogP contribution in [0.3, 0.4) is 0 Å². The Hall–Kier alpha value is -2.22. The predicted octanol–water partition coefficient (Wildman–Crippen LogP) is 3.85. The van der Waals surface area contributed by atoms with Crippen LogP contribution < -0.4 is 0 Å². The second kappa shape index (κ2) is 8.28. The topological polar surface area (TPSA) is 64.4 Å². The van der Waals surface area contributed by atoms with Crippen molar-refractivity contribution in [2.24, 2.45) is 11.8 Å². The number of likely N-dealkylation sites (tertiary alicyclic amines) is 1. The standard InChI is InChI=1S/C25H31N3O3S/c1-17-26-22-6-4-5-7-23(22)28(17)24-12-19-15-27(16-20(19)13-25(24)31-2)14-18-8-10-21(11-9-18)32(3,29)30/h4-11,19-20,24-25H,12-16H2,1-3H3/t19-,20+,24-,25-/m0/s1. The number of para-hydroxylation sites is 2. The second-order valence-electron chi connectivity index (χ2n) is 9.46. The van der Waals surface area contributed by atoms with Gasteiger partial charge in [0.2, 0.25) is 0 Å². The number of methoxy groups -OCH3 is 1. The van der Waals surface area contributed by atoms with Crippen molar-refractivity contribution < 1.29 is 13.2 Å². The summed E-state index contributed by atoms with van der Waals surface area (Å²) < 4.78 is 31.9. The van der Waals surface area contributed by atoms with Crippen molar-refractivity contribution in [3.8, 4) is 0 Å². The van der Waals surface area contributed by atoms with Gasteiger partial charge in [-0.15, -0.1) is 0 Å². The summed E-state index contributed by atoms with van der Waals surface area (Å²) in [5, 5.41) is 0. The largest absolute Gasteiger partial charge is 0.379 e. The molecule has 170 valence electrons. The molecule has 1 saturated heterocycles. The van der Waals surface area contributed by atoms with E-state index in [0.717, 1.165) is 49.4 Å². The smallest absolute Gasteiger partial charge is 0.175 e. The van der Waals surface area contributed by atoms with Gasteiger partial charge >= 0.3 is 0 Å². The third-order valence-electron chi connectivity index (χ3n) is 7.32. The summed E-state index contributed by atoms with van der Waals surface area (Å²) in [6.45, 7) is 5.08. The van der Waals surface area contributed by atoms with Crippen LogP contribution in [-0.2, 0) is 21.1 Å². The van der Waals surface area contributed by atoms with Crippen molar-refractivity contribution in [3.05, 3.63) is 59.9 Å². The summed E-state index contributed by atoms with van der Waals surface area (Å²) in [6, 6.07) is 16.0. The van der Waals surface area contributed by atoms with Gasteiger partial charge in [-0.25, -0.2) is 13.4 Å². The molecule has 2 aliphatic rings. The van der Waals surface area contributed by atoms with Crippen LogP contribution in [0.2, 0.25) is 0 Å². The first kappa shape index (κ1) is 21.6. The molecule has 2 aromatic carbocycles. The molecular formula is C25H31N3O3S. The number of rotatable bonds is 5. The zero-order chi connectivity index (χ0) is 22.5. The fraction of sp³-hybridized carbons (Fsp3) is 0.480. The van der Waals surface area contributed by atoms with E-state index in [1.807, 2.05) is 25.3 Å². The van der Waals surface area contributed by atoms with Crippen LogP contribution in [0.4, 0.5) is 0 Å². The van der Waals surface area contributed by atoms with E-state index in [4.69, 9.17) is 9.72 Å². The third-order valence-corrected chi connectivity index (χ3v) is 8.45. The van der Waals surface area contributed by atoms with Crippen molar-refractivity contribution in [1.82, 2.24) is 14.5 Å². The van der Waals surface area contributed by atoms with Gasteiger partial charge in [0.15, 0.2) is 9.84 Å². The minimum absolute atomic E-state index is 0.182. The minimum atomic E-state index is -3.15. The van der Waals surface area contributed by atoms with E-state index in [2.05, 4.69) is 34.6 Å². The minimum Gasteiger partial charge on any atom is -0.379 e. The Morgan fingerprint density at radius 2 is 1.72 bits per heavy atom. The van der Waals surface area contributed by atoms with E-state index in [9.17, 15) is 8.42 Å². The lowest BCUT2D eigenvalue weighted by atomic mass is 9.77. The average molecular weight is 454 g/mol. The van der Waals surface area contributed by atoms with Crippen molar-refractivity contribution in [3.63, 3.8) is 0 Å². The first-order chi connectivity index (χ1) is 15.3. The number of hydrogen-bond acceptors (Lipinski definition) is 5. The number of ether oxygens (including phenoxy) is 1. The Kier molecular flexibility index (Phi) is 5.60. The first-order valence-corrected chi connectivity index (χ1v) is 13.2. The number of hydrogen-bond donors (Lipinski definition) is 0. The SMILES string of the molecule is CO[C@H]1C[C@@H]2CN(Cc3ccc(S(C)(=O)=O)cc3)C[C@@H]2C[C@@H]1n1c(C)nc2ccccc21. The maximum atomic E-state index is 11.7. The number of sulfone groups is 1. The Morgan fingerprint density at radius 1 is 1.03 bits per heavy atom. The molecule has 0 amide bonds. The molecule has 0 bridgehead atoms. The van der Waals surface area contributed by atoms with Gasteiger partial charge in [-0.2, -0.15) is 0 Å². The van der Waals surface area contributed by atoms with Crippen LogP contribution in [0.1, 0.15) is 30.3 Å². The number of imidazole rings is 1. The second-order valence-corrected chi connectivity index (χ2v) is 11.5. The summed E-state index contributed by atoms with van der Waals surface area (Å²) in [4.78, 5) is 7.68. The van der Waals surface area contributed by atoms with Gasteiger partial charge in [0.25, 0.3) is 0 Å². The monoisotopic (exact) mass is 453 g/mol. The summed E-state index contributed by atoms with van der Waals surface area (Å²) in [7, 11) is -1.32. The Labute approximate surface area is 190 Å². The van der Waals surface area contributed by atoms with Crippen LogP contribution in [0.15, 0.2) is 53.4 Å². The summed E-state index contributed by atoms with van der Waals surface area (Å²) in [6.07, 6.45) is 3.58. The lowest BCUT2D eigenvalue weighted by Crippen LogP contribution is -2.37. The zero-order valence-electron chi connectivity index (χ0n) is 18.9. The molecule has 0 spiro atoms. The van der Waals surface area contributed by atoms with E-state index < -0.39 is 9.84 Å². The predicted molar refractivity (Wildman–Crippen MR) is 125 cm³/mol. The molecule has 7 heteroatoms. The molecule has 5 rings (SSSR count). The van der Waals surface area contributed by atoms with Crippen LogP contribution in [0.5, 0.6) is 0 Å². The summed E-state index contributed by atoms with van der Waals surface area (Å²) >= 11 is 0. The van der Waals surface area contributed by atoms with Crippen molar-refractivity contribution in [2.45, 2.75) is 43.4 Å². The Balaban J connectivity index is 1.33. The molecule has 3 aromatic rings. The third kappa shape index (κ3) is 3.98. The highest BCUT2D eigenvalue weighted by molar-refractivity contribution is 7.90. The van der Waals surface area contributed by atoms with Crippen LogP contribution in [0, 0.1) is 18.8 Å². The number of aromatic nitrogens is 2. The van der Waals surface area contributed by atoms with Gasteiger partial charge in [0.05, 0.1) is 28.1 Å². The normalized spacial score (nSPS) is 26.5.